The first-order valence-corrected chi connectivity index (χ1v) is 9.17. The molecule has 0 aromatic heterocycles. The van der Waals surface area contributed by atoms with E-state index < -0.39 is 16.0 Å². The molecule has 1 unspecified atom stereocenters. The molecule has 2 rings (SSSR count). The number of carbonyl (C=O) groups excluding carboxylic acids is 1. The first-order valence-electron chi connectivity index (χ1n) is 7.68. The molecule has 0 aliphatic carbocycles. The van der Waals surface area contributed by atoms with Gasteiger partial charge < -0.3 is 4.74 Å². The molecular formula is C18H21NO4S. The summed E-state index contributed by atoms with van der Waals surface area (Å²) in [6.45, 7) is 4.19. The molecule has 0 heterocycles. The van der Waals surface area contributed by atoms with Gasteiger partial charge in [-0.15, -0.1) is 0 Å². The van der Waals surface area contributed by atoms with E-state index in [0.29, 0.717) is 11.6 Å². The van der Waals surface area contributed by atoms with Gasteiger partial charge in [0.05, 0.1) is 17.6 Å². The smallest absolute Gasteiger partial charge is 0.337 e. The molecule has 0 bridgehead atoms. The number of nitrogens with one attached hydrogen (secondary N) is 1. The third kappa shape index (κ3) is 4.14. The largest absolute Gasteiger partial charge is 0.465 e. The molecule has 5 nitrogen and oxygen atoms in total. The van der Waals surface area contributed by atoms with Crippen LogP contribution in [0.4, 0.5) is 5.69 Å². The first kappa shape index (κ1) is 18.0. The normalized spacial score (nSPS) is 12.5. The maximum atomic E-state index is 12.5. The Hall–Kier alpha value is -2.34. The van der Waals surface area contributed by atoms with Crippen molar-refractivity contribution in [1.29, 1.82) is 0 Å². The number of sulfonamides is 1. The van der Waals surface area contributed by atoms with E-state index in [1.54, 1.807) is 30.3 Å². The number of ether oxygens (including phenoxy) is 1. The molecule has 0 saturated heterocycles. The Morgan fingerprint density at radius 2 is 1.83 bits per heavy atom. The van der Waals surface area contributed by atoms with Crippen LogP contribution in [0.1, 0.15) is 42.1 Å². The Morgan fingerprint density at radius 1 is 1.17 bits per heavy atom. The minimum Gasteiger partial charge on any atom is -0.465 e. The second-order valence-corrected chi connectivity index (χ2v) is 7.24. The van der Waals surface area contributed by atoms with Crippen LogP contribution >= 0.6 is 0 Å². The van der Waals surface area contributed by atoms with Crippen LogP contribution in [-0.4, -0.2) is 21.5 Å². The topological polar surface area (TPSA) is 72.5 Å². The number of carbonyl (C=O) groups is 1. The summed E-state index contributed by atoms with van der Waals surface area (Å²) < 4.78 is 32.1. The van der Waals surface area contributed by atoms with Crippen molar-refractivity contribution in [3.8, 4) is 0 Å². The van der Waals surface area contributed by atoms with Crippen LogP contribution in [0.5, 0.6) is 0 Å². The summed E-state index contributed by atoms with van der Waals surface area (Å²) in [5.41, 5.74) is 1.69. The minimum atomic E-state index is -3.71. The Balaban J connectivity index is 2.24. The highest BCUT2D eigenvalue weighted by molar-refractivity contribution is 7.92. The Bertz CT molecular complexity index is 813. The molecule has 128 valence electrons. The molecule has 2 aromatic rings. The number of benzene rings is 2. The SMILES string of the molecule is CCC(C)c1ccc(S(=O)(=O)Nc2cccc(C(=O)OC)c2)cc1. The van der Waals surface area contributed by atoms with E-state index in [9.17, 15) is 13.2 Å². The zero-order chi connectivity index (χ0) is 17.7. The third-order valence-electron chi connectivity index (χ3n) is 3.91. The standard InChI is InChI=1S/C18H21NO4S/c1-4-13(2)14-8-10-17(11-9-14)24(21,22)19-16-7-5-6-15(12-16)18(20)23-3/h5-13,19H,4H2,1-3H3. The van der Waals surface area contributed by atoms with Gasteiger partial charge in [-0.05, 0) is 48.2 Å². The highest BCUT2D eigenvalue weighted by Gasteiger charge is 2.16. The highest BCUT2D eigenvalue weighted by Crippen LogP contribution is 2.22. The quantitative estimate of drug-likeness (QED) is 0.807. The van der Waals surface area contributed by atoms with Crippen LogP contribution in [-0.2, 0) is 14.8 Å². The van der Waals surface area contributed by atoms with Gasteiger partial charge in [0.2, 0.25) is 0 Å². The van der Waals surface area contributed by atoms with Crippen molar-refractivity contribution >= 4 is 21.7 Å². The molecule has 2 aromatic carbocycles. The summed E-state index contributed by atoms with van der Waals surface area (Å²) in [5.74, 6) is -0.139. The predicted molar refractivity (Wildman–Crippen MR) is 93.7 cm³/mol. The number of anilines is 1. The Kier molecular flexibility index (Phi) is 5.62. The van der Waals surface area contributed by atoms with Crippen molar-refractivity contribution in [2.24, 2.45) is 0 Å². The monoisotopic (exact) mass is 347 g/mol. The van der Waals surface area contributed by atoms with Crippen LogP contribution in [0, 0.1) is 0 Å². The Morgan fingerprint density at radius 3 is 2.42 bits per heavy atom. The summed E-state index contributed by atoms with van der Waals surface area (Å²) in [4.78, 5) is 11.7. The van der Waals surface area contributed by atoms with Gasteiger partial charge in [-0.3, -0.25) is 4.72 Å². The summed E-state index contributed by atoms with van der Waals surface area (Å²) in [7, 11) is -2.44. The average molecular weight is 347 g/mol. The predicted octanol–water partition coefficient (Wildman–Crippen LogP) is 3.79. The lowest BCUT2D eigenvalue weighted by atomic mass is 9.99. The molecule has 0 aliphatic heterocycles. The lowest BCUT2D eigenvalue weighted by Crippen LogP contribution is -2.13. The molecule has 0 aliphatic rings. The van der Waals surface area contributed by atoms with E-state index in [-0.39, 0.29) is 10.5 Å². The van der Waals surface area contributed by atoms with Gasteiger partial charge in [0.1, 0.15) is 0 Å². The number of methoxy groups -OCH3 is 1. The number of hydrogen-bond donors (Lipinski definition) is 1. The van der Waals surface area contributed by atoms with Gasteiger partial charge in [-0.2, -0.15) is 0 Å². The van der Waals surface area contributed by atoms with Crippen molar-refractivity contribution in [3.05, 3.63) is 59.7 Å². The number of rotatable bonds is 6. The van der Waals surface area contributed by atoms with Crippen molar-refractivity contribution < 1.29 is 17.9 Å². The van der Waals surface area contributed by atoms with Crippen molar-refractivity contribution in [2.45, 2.75) is 31.1 Å². The van der Waals surface area contributed by atoms with Crippen LogP contribution in [0.15, 0.2) is 53.4 Å². The van der Waals surface area contributed by atoms with Crippen LogP contribution in [0.25, 0.3) is 0 Å². The zero-order valence-corrected chi connectivity index (χ0v) is 14.8. The molecule has 0 fully saturated rings. The van der Waals surface area contributed by atoms with Crippen LogP contribution < -0.4 is 4.72 Å². The van der Waals surface area contributed by atoms with E-state index in [1.807, 2.05) is 12.1 Å². The fourth-order valence-corrected chi connectivity index (χ4v) is 3.30. The van der Waals surface area contributed by atoms with Crippen LogP contribution in [0.2, 0.25) is 0 Å². The van der Waals surface area contributed by atoms with Gasteiger partial charge >= 0.3 is 5.97 Å². The van der Waals surface area contributed by atoms with Gasteiger partial charge in [0, 0.05) is 5.69 Å². The summed E-state index contributed by atoms with van der Waals surface area (Å²) in [6, 6.07) is 13.0. The zero-order valence-electron chi connectivity index (χ0n) is 13.9. The molecule has 0 spiro atoms. The van der Waals surface area contributed by atoms with Gasteiger partial charge in [-0.25, -0.2) is 13.2 Å². The molecular weight excluding hydrogens is 326 g/mol. The lowest BCUT2D eigenvalue weighted by molar-refractivity contribution is 0.0601. The van der Waals surface area contributed by atoms with Crippen LogP contribution in [0.3, 0.4) is 0 Å². The molecule has 6 heteroatoms. The fraction of sp³-hybridized carbons (Fsp3) is 0.278. The molecule has 0 amide bonds. The van der Waals surface area contributed by atoms with E-state index >= 15 is 0 Å². The molecule has 0 saturated carbocycles. The van der Waals surface area contributed by atoms with E-state index in [0.717, 1.165) is 12.0 Å². The summed E-state index contributed by atoms with van der Waals surface area (Å²) in [6.07, 6.45) is 0.991. The highest BCUT2D eigenvalue weighted by atomic mass is 32.2. The first-order chi connectivity index (χ1) is 11.4. The third-order valence-corrected chi connectivity index (χ3v) is 5.30. The van der Waals surface area contributed by atoms with E-state index in [2.05, 4.69) is 23.3 Å². The minimum absolute atomic E-state index is 0.179. The average Bonchev–Trinajstić information content (AvgIpc) is 2.60. The summed E-state index contributed by atoms with van der Waals surface area (Å²) in [5, 5.41) is 0. The fourth-order valence-electron chi connectivity index (χ4n) is 2.25. The molecule has 1 N–H and O–H groups in total. The summed E-state index contributed by atoms with van der Waals surface area (Å²) >= 11 is 0. The lowest BCUT2D eigenvalue weighted by Gasteiger charge is -2.12. The van der Waals surface area contributed by atoms with Gasteiger partial charge in [0.25, 0.3) is 10.0 Å². The second kappa shape index (κ2) is 7.49. The van der Waals surface area contributed by atoms with Crippen molar-refractivity contribution in [1.82, 2.24) is 0 Å². The number of esters is 1. The maximum absolute atomic E-state index is 12.5. The maximum Gasteiger partial charge on any atom is 0.337 e. The Labute approximate surface area is 142 Å². The van der Waals surface area contributed by atoms with Crippen molar-refractivity contribution in [2.75, 3.05) is 11.8 Å². The van der Waals surface area contributed by atoms with Gasteiger partial charge in [0.15, 0.2) is 0 Å². The molecule has 0 radical (unpaired) electrons. The number of hydrogen-bond acceptors (Lipinski definition) is 4. The van der Waals surface area contributed by atoms with E-state index in [1.165, 1.54) is 13.2 Å². The van der Waals surface area contributed by atoms with Crippen molar-refractivity contribution in [3.63, 3.8) is 0 Å². The second-order valence-electron chi connectivity index (χ2n) is 5.56. The van der Waals surface area contributed by atoms with Gasteiger partial charge in [-0.1, -0.05) is 32.0 Å². The molecule has 1 atom stereocenters. The molecule has 24 heavy (non-hydrogen) atoms. The van der Waals surface area contributed by atoms with E-state index in [4.69, 9.17) is 0 Å².